The van der Waals surface area contributed by atoms with Crippen molar-refractivity contribution in [2.45, 2.75) is 43.8 Å². The fraction of sp³-hybridized carbons (Fsp3) is 0.346. The molecule has 6 nitrogen and oxygen atoms in total. The first kappa shape index (κ1) is 26.1. The van der Waals surface area contributed by atoms with Crippen LogP contribution in [0.4, 0.5) is 19.0 Å². The first-order chi connectivity index (χ1) is 17.2. The first-order valence-electron chi connectivity index (χ1n) is 11.7. The highest BCUT2D eigenvalue weighted by Crippen LogP contribution is 2.35. The van der Waals surface area contributed by atoms with Crippen LogP contribution >= 0.6 is 15.9 Å². The number of likely N-dealkylation sites (N-methyl/N-ethyl adjacent to an activating group) is 1. The number of nitrogens with zero attached hydrogens (tertiary/aromatic N) is 2. The van der Waals surface area contributed by atoms with E-state index in [0.29, 0.717) is 40.7 Å². The predicted molar refractivity (Wildman–Crippen MR) is 136 cm³/mol. The second kappa shape index (κ2) is 11.4. The number of hydrogen-bond donors (Lipinski definition) is 3. The molecule has 4 N–H and O–H groups in total. The summed E-state index contributed by atoms with van der Waals surface area (Å²) in [6, 6.07) is 7.81. The third-order valence-electron chi connectivity index (χ3n) is 6.34. The quantitative estimate of drug-likeness (QED) is 0.356. The lowest BCUT2D eigenvalue weighted by atomic mass is 9.86. The normalized spacial score (nSPS) is 18.6. The molecular formula is C26H27BrF3N5O. The summed E-state index contributed by atoms with van der Waals surface area (Å²) in [6.45, 7) is 0.307. The van der Waals surface area contributed by atoms with Gasteiger partial charge in [0, 0.05) is 22.5 Å². The van der Waals surface area contributed by atoms with Crippen molar-refractivity contribution in [2.24, 2.45) is 0 Å². The number of nitrogens with one attached hydrogen (secondary N) is 2. The van der Waals surface area contributed by atoms with E-state index in [1.165, 1.54) is 24.3 Å². The molecule has 0 bridgehead atoms. The van der Waals surface area contributed by atoms with Gasteiger partial charge in [-0.2, -0.15) is 0 Å². The molecule has 0 aliphatic heterocycles. The molecule has 0 saturated heterocycles. The lowest BCUT2D eigenvalue weighted by Crippen LogP contribution is -2.35. The number of amides is 1. The molecule has 3 atom stereocenters. The highest BCUT2D eigenvalue weighted by atomic mass is 79.9. The first-order valence-corrected chi connectivity index (χ1v) is 12.5. The van der Waals surface area contributed by atoms with Gasteiger partial charge in [0.25, 0.3) is 5.91 Å². The number of nitrogen functional groups attached to an aromatic ring is 1. The van der Waals surface area contributed by atoms with E-state index in [9.17, 15) is 13.6 Å². The highest BCUT2D eigenvalue weighted by molar-refractivity contribution is 9.10. The zero-order chi connectivity index (χ0) is 25.8. The van der Waals surface area contributed by atoms with Gasteiger partial charge in [-0.3, -0.25) is 4.79 Å². The Hall–Kier alpha value is -2.98. The number of carbonyl (C=O) groups excluding carboxylic acids is 1. The average Bonchev–Trinajstić information content (AvgIpc) is 2.83. The van der Waals surface area contributed by atoms with Crippen LogP contribution in [0, 0.1) is 11.6 Å². The number of hydrogen-bond acceptors (Lipinski definition) is 5. The molecule has 10 heteroatoms. The topological polar surface area (TPSA) is 92.9 Å². The van der Waals surface area contributed by atoms with Crippen molar-refractivity contribution in [3.05, 3.63) is 75.5 Å². The maximum atomic E-state index is 15.1. The summed E-state index contributed by atoms with van der Waals surface area (Å²) in [6.07, 6.45) is 3.18. The molecule has 0 unspecified atom stereocenters. The highest BCUT2D eigenvalue weighted by Gasteiger charge is 2.25. The van der Waals surface area contributed by atoms with Crippen molar-refractivity contribution in [1.29, 1.82) is 0 Å². The van der Waals surface area contributed by atoms with E-state index >= 15 is 4.39 Å². The number of halogens is 4. The standard InChI is InChI=1S/C26H27BrF3N5O/c1-32-12-22(16-7-17(27)11-19(29)9-16)35-26(36)20-6-5-15(10-21(20)30)24-25(31)33-13-23(34-24)14-3-2-4-18(28)8-14/h5-7,9-11,13-14,18,22,32H,2-4,8,12H2,1H3,(H2,31,33)(H,35,36)/t14-,18+,22-/m1/s1. The minimum atomic E-state index is -0.873. The van der Waals surface area contributed by atoms with E-state index < -0.39 is 29.8 Å². The van der Waals surface area contributed by atoms with Crippen molar-refractivity contribution in [3.8, 4) is 11.3 Å². The van der Waals surface area contributed by atoms with Gasteiger partial charge in [0.1, 0.15) is 29.3 Å². The van der Waals surface area contributed by atoms with Crippen LogP contribution in [0.3, 0.4) is 0 Å². The Morgan fingerprint density at radius 1 is 1.22 bits per heavy atom. The second-order valence-corrected chi connectivity index (χ2v) is 9.89. The Morgan fingerprint density at radius 2 is 2.03 bits per heavy atom. The number of nitrogens with two attached hydrogens (primary N) is 1. The molecule has 1 heterocycles. The molecule has 0 spiro atoms. The van der Waals surface area contributed by atoms with E-state index in [0.717, 1.165) is 12.8 Å². The fourth-order valence-electron chi connectivity index (χ4n) is 4.54. The van der Waals surface area contributed by atoms with Crippen molar-refractivity contribution in [1.82, 2.24) is 20.6 Å². The largest absolute Gasteiger partial charge is 0.382 e. The van der Waals surface area contributed by atoms with Crippen molar-refractivity contribution >= 4 is 27.7 Å². The van der Waals surface area contributed by atoms with Gasteiger partial charge in [-0.05, 0) is 68.6 Å². The maximum Gasteiger partial charge on any atom is 0.254 e. The lowest BCUT2D eigenvalue weighted by molar-refractivity contribution is 0.0932. The molecule has 3 aromatic rings. The van der Waals surface area contributed by atoms with Crippen LogP contribution in [0.25, 0.3) is 11.3 Å². The van der Waals surface area contributed by atoms with Crippen molar-refractivity contribution < 1.29 is 18.0 Å². The maximum absolute atomic E-state index is 15.1. The van der Waals surface area contributed by atoms with Crippen LogP contribution in [0.15, 0.2) is 47.1 Å². The molecule has 36 heavy (non-hydrogen) atoms. The van der Waals surface area contributed by atoms with Gasteiger partial charge >= 0.3 is 0 Å². The van der Waals surface area contributed by atoms with Crippen molar-refractivity contribution in [3.63, 3.8) is 0 Å². The third kappa shape index (κ3) is 6.04. The van der Waals surface area contributed by atoms with Crippen LogP contribution in [0.5, 0.6) is 0 Å². The van der Waals surface area contributed by atoms with Crippen LogP contribution in [-0.4, -0.2) is 35.6 Å². The summed E-state index contributed by atoms with van der Waals surface area (Å²) in [5.74, 6) is -1.82. The van der Waals surface area contributed by atoms with Gasteiger partial charge in [0.15, 0.2) is 0 Å². The zero-order valence-corrected chi connectivity index (χ0v) is 21.3. The smallest absolute Gasteiger partial charge is 0.254 e. The van der Waals surface area contributed by atoms with Crippen LogP contribution < -0.4 is 16.4 Å². The Labute approximate surface area is 216 Å². The van der Waals surface area contributed by atoms with Crippen molar-refractivity contribution in [2.75, 3.05) is 19.3 Å². The minimum absolute atomic E-state index is 0.0672. The molecule has 190 valence electrons. The van der Waals surface area contributed by atoms with Crippen LogP contribution in [-0.2, 0) is 0 Å². The summed E-state index contributed by atoms with van der Waals surface area (Å²) in [5, 5.41) is 5.71. The molecule has 1 aliphatic rings. The van der Waals surface area contributed by atoms with E-state index in [-0.39, 0.29) is 23.0 Å². The summed E-state index contributed by atoms with van der Waals surface area (Å²) < 4.78 is 43.4. The fourth-order valence-corrected chi connectivity index (χ4v) is 5.02. The number of anilines is 1. The van der Waals surface area contributed by atoms with E-state index in [1.54, 1.807) is 25.4 Å². The number of carbonyl (C=O) groups is 1. The number of aromatic nitrogens is 2. The molecule has 0 radical (unpaired) electrons. The Morgan fingerprint density at radius 3 is 2.72 bits per heavy atom. The zero-order valence-electron chi connectivity index (χ0n) is 19.7. The molecule has 1 aliphatic carbocycles. The number of alkyl halides is 1. The van der Waals surface area contributed by atoms with Gasteiger partial charge in [0.2, 0.25) is 0 Å². The van der Waals surface area contributed by atoms with E-state index in [1.807, 2.05) is 0 Å². The van der Waals surface area contributed by atoms with Gasteiger partial charge in [-0.25, -0.2) is 23.1 Å². The van der Waals surface area contributed by atoms with Crippen LogP contribution in [0.1, 0.15) is 59.3 Å². The van der Waals surface area contributed by atoms with E-state index in [4.69, 9.17) is 5.73 Å². The molecule has 1 amide bonds. The minimum Gasteiger partial charge on any atom is -0.382 e. The Bertz CT molecular complexity index is 1240. The molecule has 1 aromatic heterocycles. The number of benzene rings is 2. The molecule has 4 rings (SSSR count). The molecule has 1 saturated carbocycles. The van der Waals surface area contributed by atoms with Crippen LogP contribution in [0.2, 0.25) is 0 Å². The average molecular weight is 562 g/mol. The summed E-state index contributed by atoms with van der Waals surface area (Å²) in [7, 11) is 1.70. The second-order valence-electron chi connectivity index (χ2n) is 8.97. The third-order valence-corrected chi connectivity index (χ3v) is 6.79. The van der Waals surface area contributed by atoms with Gasteiger partial charge in [-0.15, -0.1) is 0 Å². The summed E-state index contributed by atoms with van der Waals surface area (Å²) >= 11 is 3.25. The van der Waals surface area contributed by atoms with Gasteiger partial charge in [-0.1, -0.05) is 22.0 Å². The lowest BCUT2D eigenvalue weighted by Gasteiger charge is -2.24. The summed E-state index contributed by atoms with van der Waals surface area (Å²) in [4.78, 5) is 21.7. The van der Waals surface area contributed by atoms with E-state index in [2.05, 4.69) is 36.5 Å². The van der Waals surface area contributed by atoms with Gasteiger partial charge < -0.3 is 16.4 Å². The SMILES string of the molecule is CNC[C@@H](NC(=O)c1ccc(-c2nc([C@@H]3CCC[C@H](F)C3)cnc2N)cc1F)c1cc(F)cc(Br)c1. The Balaban J connectivity index is 1.57. The molecule has 2 aromatic carbocycles. The molecular weight excluding hydrogens is 535 g/mol. The Kier molecular flexibility index (Phi) is 8.25. The molecule has 1 fully saturated rings. The monoisotopic (exact) mass is 561 g/mol. The predicted octanol–water partition coefficient (Wildman–Crippen LogP) is 5.45. The number of rotatable bonds is 7. The van der Waals surface area contributed by atoms with Gasteiger partial charge in [0.05, 0.1) is 23.5 Å². The summed E-state index contributed by atoms with van der Waals surface area (Å²) in [5.41, 5.74) is 7.65.